The zero-order valence-corrected chi connectivity index (χ0v) is 12.5. The van der Waals surface area contributed by atoms with E-state index in [1.807, 2.05) is 24.3 Å². The van der Waals surface area contributed by atoms with Crippen molar-refractivity contribution in [2.45, 2.75) is 31.9 Å². The molecule has 3 nitrogen and oxygen atoms in total. The molecule has 1 heterocycles. The highest BCUT2D eigenvalue weighted by molar-refractivity contribution is 5.42. The van der Waals surface area contributed by atoms with Gasteiger partial charge in [-0.15, -0.1) is 0 Å². The molecule has 0 radical (unpaired) electrons. The Balaban J connectivity index is 1.66. The molecule has 110 valence electrons. The molecule has 1 unspecified atom stereocenters. The summed E-state index contributed by atoms with van der Waals surface area (Å²) in [5, 5.41) is 12.9. The van der Waals surface area contributed by atoms with Gasteiger partial charge in [0.25, 0.3) is 0 Å². The van der Waals surface area contributed by atoms with Crippen molar-refractivity contribution in [3.63, 3.8) is 0 Å². The molecular formula is C18H21NO2. The summed E-state index contributed by atoms with van der Waals surface area (Å²) in [6, 6.07) is 15.8. The quantitative estimate of drug-likeness (QED) is 0.903. The number of aromatic hydroxyl groups is 1. The largest absolute Gasteiger partial charge is 0.508 e. The topological polar surface area (TPSA) is 41.5 Å². The number of para-hydroxylation sites is 1. The molecule has 2 aromatic rings. The van der Waals surface area contributed by atoms with Crippen LogP contribution in [0.2, 0.25) is 0 Å². The second kappa shape index (κ2) is 5.41. The number of fused-ring (bicyclic) bond motifs is 1. The molecule has 0 spiro atoms. The van der Waals surface area contributed by atoms with Gasteiger partial charge < -0.3 is 15.2 Å². The first-order valence-corrected chi connectivity index (χ1v) is 7.35. The number of rotatable bonds is 4. The van der Waals surface area contributed by atoms with Gasteiger partial charge in [-0.05, 0) is 50.6 Å². The monoisotopic (exact) mass is 283 g/mol. The second-order valence-electron chi connectivity index (χ2n) is 6.05. The maximum absolute atomic E-state index is 9.30. The number of nitrogens with one attached hydrogen (secondary N) is 1. The molecule has 2 aromatic carbocycles. The molecule has 0 aliphatic carbocycles. The maximum Gasteiger partial charge on any atom is 0.125 e. The SMILES string of the molecule is CC1(C)Oc2ccccc2C1NCCc1ccc(O)cc1. The van der Waals surface area contributed by atoms with Gasteiger partial charge in [0.1, 0.15) is 17.1 Å². The molecular weight excluding hydrogens is 262 g/mol. The molecule has 0 aromatic heterocycles. The highest BCUT2D eigenvalue weighted by Gasteiger charge is 2.40. The van der Waals surface area contributed by atoms with Crippen molar-refractivity contribution in [3.8, 4) is 11.5 Å². The van der Waals surface area contributed by atoms with E-state index in [4.69, 9.17) is 4.74 Å². The van der Waals surface area contributed by atoms with Gasteiger partial charge in [-0.1, -0.05) is 30.3 Å². The van der Waals surface area contributed by atoms with Crippen molar-refractivity contribution in [2.75, 3.05) is 6.54 Å². The van der Waals surface area contributed by atoms with Crippen LogP contribution in [-0.4, -0.2) is 17.3 Å². The lowest BCUT2D eigenvalue weighted by Gasteiger charge is -2.27. The Kier molecular flexibility index (Phi) is 3.60. The normalized spacial score (nSPS) is 19.0. The van der Waals surface area contributed by atoms with Crippen LogP contribution in [0.3, 0.4) is 0 Å². The lowest BCUT2D eigenvalue weighted by atomic mass is 9.94. The van der Waals surface area contributed by atoms with Crippen LogP contribution in [0.5, 0.6) is 11.5 Å². The van der Waals surface area contributed by atoms with Gasteiger partial charge in [-0.25, -0.2) is 0 Å². The van der Waals surface area contributed by atoms with Crippen molar-refractivity contribution in [1.29, 1.82) is 0 Å². The minimum absolute atomic E-state index is 0.200. The van der Waals surface area contributed by atoms with Gasteiger partial charge in [-0.2, -0.15) is 0 Å². The molecule has 0 fully saturated rings. The summed E-state index contributed by atoms with van der Waals surface area (Å²) < 4.78 is 6.03. The lowest BCUT2D eigenvalue weighted by molar-refractivity contribution is 0.0968. The smallest absolute Gasteiger partial charge is 0.125 e. The number of benzene rings is 2. The Morgan fingerprint density at radius 2 is 1.81 bits per heavy atom. The molecule has 0 amide bonds. The van der Waals surface area contributed by atoms with Crippen LogP contribution < -0.4 is 10.1 Å². The summed E-state index contributed by atoms with van der Waals surface area (Å²) in [6.07, 6.45) is 0.926. The van der Waals surface area contributed by atoms with Crippen LogP contribution in [0.25, 0.3) is 0 Å². The molecule has 0 saturated heterocycles. The third kappa shape index (κ3) is 2.88. The summed E-state index contributed by atoms with van der Waals surface area (Å²) in [7, 11) is 0. The van der Waals surface area contributed by atoms with Gasteiger partial charge in [0.15, 0.2) is 0 Å². The van der Waals surface area contributed by atoms with Gasteiger partial charge in [0.05, 0.1) is 6.04 Å². The zero-order chi connectivity index (χ0) is 14.9. The summed E-state index contributed by atoms with van der Waals surface area (Å²) in [6.45, 7) is 5.10. The number of hydrogen-bond donors (Lipinski definition) is 2. The van der Waals surface area contributed by atoms with Gasteiger partial charge in [0.2, 0.25) is 0 Å². The van der Waals surface area contributed by atoms with E-state index in [2.05, 4.69) is 31.3 Å². The molecule has 3 heteroatoms. The predicted octanol–water partition coefficient (Wildman–Crippen LogP) is 3.44. The summed E-state index contributed by atoms with van der Waals surface area (Å²) >= 11 is 0. The van der Waals surface area contributed by atoms with Crippen LogP contribution in [0, 0.1) is 0 Å². The standard InChI is InChI=1S/C18H21NO2/c1-18(2)17(15-5-3-4-6-16(15)21-18)19-12-11-13-7-9-14(20)10-8-13/h3-10,17,19-20H,11-12H2,1-2H3. The van der Waals surface area contributed by atoms with E-state index in [1.165, 1.54) is 11.1 Å². The molecule has 2 N–H and O–H groups in total. The first kappa shape index (κ1) is 14.0. The van der Waals surface area contributed by atoms with Crippen molar-refractivity contribution in [1.82, 2.24) is 5.32 Å². The Morgan fingerprint density at radius 3 is 2.57 bits per heavy atom. The molecule has 21 heavy (non-hydrogen) atoms. The van der Waals surface area contributed by atoms with E-state index in [-0.39, 0.29) is 11.6 Å². The average molecular weight is 283 g/mol. The summed E-state index contributed by atoms with van der Waals surface area (Å²) in [4.78, 5) is 0. The number of ether oxygens (including phenoxy) is 1. The molecule has 1 aliphatic rings. The lowest BCUT2D eigenvalue weighted by Crippen LogP contribution is -2.39. The highest BCUT2D eigenvalue weighted by atomic mass is 16.5. The first-order chi connectivity index (χ1) is 10.1. The van der Waals surface area contributed by atoms with E-state index < -0.39 is 0 Å². The zero-order valence-electron chi connectivity index (χ0n) is 12.5. The third-order valence-electron chi connectivity index (χ3n) is 4.00. The maximum atomic E-state index is 9.30. The third-order valence-corrected chi connectivity index (χ3v) is 4.00. The molecule has 1 atom stereocenters. The first-order valence-electron chi connectivity index (χ1n) is 7.35. The van der Waals surface area contributed by atoms with E-state index >= 15 is 0 Å². The Bertz CT molecular complexity index is 619. The van der Waals surface area contributed by atoms with Crippen LogP contribution >= 0.6 is 0 Å². The predicted molar refractivity (Wildman–Crippen MR) is 83.7 cm³/mol. The molecule has 0 saturated carbocycles. The van der Waals surface area contributed by atoms with Crippen LogP contribution in [-0.2, 0) is 6.42 Å². The fourth-order valence-corrected chi connectivity index (χ4v) is 2.91. The van der Waals surface area contributed by atoms with E-state index in [0.717, 1.165) is 18.7 Å². The van der Waals surface area contributed by atoms with Crippen LogP contribution in [0.4, 0.5) is 0 Å². The van der Waals surface area contributed by atoms with Crippen molar-refractivity contribution in [3.05, 3.63) is 59.7 Å². The summed E-state index contributed by atoms with van der Waals surface area (Å²) in [5.41, 5.74) is 2.21. The van der Waals surface area contributed by atoms with Crippen LogP contribution in [0.15, 0.2) is 48.5 Å². The number of phenols is 1. The highest BCUT2D eigenvalue weighted by Crippen LogP contribution is 2.42. The van der Waals surface area contributed by atoms with Gasteiger partial charge in [0, 0.05) is 5.56 Å². The second-order valence-corrected chi connectivity index (χ2v) is 6.05. The average Bonchev–Trinajstić information content (AvgIpc) is 2.71. The van der Waals surface area contributed by atoms with Crippen molar-refractivity contribution in [2.24, 2.45) is 0 Å². The van der Waals surface area contributed by atoms with Crippen molar-refractivity contribution < 1.29 is 9.84 Å². The minimum Gasteiger partial charge on any atom is -0.508 e. The number of phenolic OH excluding ortho intramolecular Hbond substituents is 1. The fraction of sp³-hybridized carbons (Fsp3) is 0.333. The molecule has 3 rings (SSSR count). The van der Waals surface area contributed by atoms with Gasteiger partial charge >= 0.3 is 0 Å². The van der Waals surface area contributed by atoms with Crippen LogP contribution in [0.1, 0.15) is 31.0 Å². The minimum atomic E-state index is -0.237. The van der Waals surface area contributed by atoms with E-state index in [1.54, 1.807) is 12.1 Å². The molecule has 1 aliphatic heterocycles. The van der Waals surface area contributed by atoms with Crippen molar-refractivity contribution >= 4 is 0 Å². The Hall–Kier alpha value is -2.00. The Morgan fingerprint density at radius 1 is 1.10 bits per heavy atom. The number of hydrogen-bond acceptors (Lipinski definition) is 3. The van der Waals surface area contributed by atoms with E-state index in [9.17, 15) is 5.11 Å². The van der Waals surface area contributed by atoms with Gasteiger partial charge in [-0.3, -0.25) is 0 Å². The Labute approximate surface area is 125 Å². The summed E-state index contributed by atoms with van der Waals surface area (Å²) in [5.74, 6) is 1.29. The fourth-order valence-electron chi connectivity index (χ4n) is 2.91. The molecule has 0 bridgehead atoms. The van der Waals surface area contributed by atoms with E-state index in [0.29, 0.717) is 5.75 Å².